The first-order valence-corrected chi connectivity index (χ1v) is 3.23. The molecule has 0 aliphatic carbocycles. The molecule has 0 radical (unpaired) electrons. The second kappa shape index (κ2) is 2.90. The summed E-state index contributed by atoms with van der Waals surface area (Å²) in [5.74, 6) is 1.35. The smallest absolute Gasteiger partial charge is 0.237 e. The molecule has 4 nitrogen and oxygen atoms in total. The van der Waals surface area contributed by atoms with Crippen molar-refractivity contribution in [1.82, 2.24) is 0 Å². The number of hydrogen-bond acceptors (Lipinski definition) is 4. The molecule has 4 heteroatoms. The molecular formula is C6H12N2O2. The molecule has 58 valence electrons. The van der Waals surface area contributed by atoms with E-state index in [2.05, 4.69) is 0 Å². The average Bonchev–Trinajstić information content (AvgIpc) is 2.30. The highest BCUT2D eigenvalue weighted by Crippen LogP contribution is 2.19. The van der Waals surface area contributed by atoms with Crippen molar-refractivity contribution >= 4 is 0 Å². The number of ether oxygens (including phenoxy) is 2. The van der Waals surface area contributed by atoms with Gasteiger partial charge in [0.25, 0.3) is 0 Å². The van der Waals surface area contributed by atoms with E-state index < -0.39 is 0 Å². The van der Waals surface area contributed by atoms with Gasteiger partial charge in [-0.1, -0.05) is 0 Å². The lowest BCUT2D eigenvalue weighted by atomic mass is 10.4. The molecule has 1 aliphatic heterocycles. The lowest BCUT2D eigenvalue weighted by Gasteiger charge is -2.03. The van der Waals surface area contributed by atoms with Crippen molar-refractivity contribution in [3.63, 3.8) is 0 Å². The Hall–Kier alpha value is -0.740. The maximum atomic E-state index is 5.34. The Balaban J connectivity index is 2.61. The highest BCUT2D eigenvalue weighted by molar-refractivity contribution is 5.07. The van der Waals surface area contributed by atoms with E-state index in [9.17, 15) is 0 Å². The zero-order valence-corrected chi connectivity index (χ0v) is 5.96. The van der Waals surface area contributed by atoms with E-state index in [4.69, 9.17) is 20.9 Å². The van der Waals surface area contributed by atoms with Crippen molar-refractivity contribution in [1.29, 1.82) is 0 Å². The molecule has 0 saturated carbocycles. The van der Waals surface area contributed by atoms with Gasteiger partial charge in [0, 0.05) is 6.92 Å². The number of rotatable bonds is 2. The molecule has 1 aliphatic rings. The predicted molar refractivity (Wildman–Crippen MR) is 36.8 cm³/mol. The Bertz CT molecular complexity index is 140. The fourth-order valence-corrected chi connectivity index (χ4v) is 0.880. The quantitative estimate of drug-likeness (QED) is 0.548. The van der Waals surface area contributed by atoms with Crippen LogP contribution in [0.1, 0.15) is 6.92 Å². The van der Waals surface area contributed by atoms with E-state index in [0.717, 1.165) is 0 Å². The third kappa shape index (κ3) is 1.22. The van der Waals surface area contributed by atoms with E-state index in [0.29, 0.717) is 24.6 Å². The molecule has 4 N–H and O–H groups in total. The van der Waals surface area contributed by atoms with Crippen LogP contribution in [0.25, 0.3) is 0 Å². The van der Waals surface area contributed by atoms with Crippen molar-refractivity contribution in [2.24, 2.45) is 11.5 Å². The third-order valence-corrected chi connectivity index (χ3v) is 1.30. The molecule has 0 spiro atoms. The minimum atomic E-state index is -0.225. The molecular weight excluding hydrogens is 132 g/mol. The molecule has 0 aromatic rings. The second-order valence-electron chi connectivity index (χ2n) is 2.06. The predicted octanol–water partition coefficient (Wildman–Crippen LogP) is -0.492. The standard InChI is InChI=1S/C6H12N2O2/c1-4-9-5(2-7)6(3-8)10-4/h4H,2-3,7-8H2,1H3. The van der Waals surface area contributed by atoms with Crippen LogP contribution in [0.5, 0.6) is 0 Å². The van der Waals surface area contributed by atoms with Crippen LogP contribution in [0.15, 0.2) is 11.5 Å². The lowest BCUT2D eigenvalue weighted by molar-refractivity contribution is -0.0234. The van der Waals surface area contributed by atoms with Gasteiger partial charge in [-0.15, -0.1) is 0 Å². The van der Waals surface area contributed by atoms with Gasteiger partial charge in [0.1, 0.15) is 0 Å². The molecule has 10 heavy (non-hydrogen) atoms. The van der Waals surface area contributed by atoms with Crippen LogP contribution in [-0.2, 0) is 9.47 Å². The molecule has 1 heterocycles. The Morgan fingerprint density at radius 2 is 1.60 bits per heavy atom. The Morgan fingerprint density at radius 1 is 1.20 bits per heavy atom. The van der Waals surface area contributed by atoms with Crippen molar-refractivity contribution in [3.05, 3.63) is 11.5 Å². The van der Waals surface area contributed by atoms with E-state index in [1.807, 2.05) is 0 Å². The lowest BCUT2D eigenvalue weighted by Crippen LogP contribution is -2.09. The van der Waals surface area contributed by atoms with E-state index in [1.165, 1.54) is 0 Å². The van der Waals surface area contributed by atoms with Crippen molar-refractivity contribution < 1.29 is 9.47 Å². The summed E-state index contributed by atoms with van der Waals surface area (Å²) >= 11 is 0. The largest absolute Gasteiger partial charge is 0.455 e. The summed E-state index contributed by atoms with van der Waals surface area (Å²) in [6, 6.07) is 0. The van der Waals surface area contributed by atoms with Gasteiger partial charge in [-0.3, -0.25) is 0 Å². The molecule has 0 aromatic heterocycles. The summed E-state index contributed by atoms with van der Waals surface area (Å²) in [6.07, 6.45) is -0.225. The molecule has 0 fully saturated rings. The van der Waals surface area contributed by atoms with Gasteiger partial charge < -0.3 is 20.9 Å². The van der Waals surface area contributed by atoms with Gasteiger partial charge in [-0.05, 0) is 0 Å². The van der Waals surface area contributed by atoms with Crippen LogP contribution in [0, 0.1) is 0 Å². The topological polar surface area (TPSA) is 70.5 Å². The Kier molecular flexibility index (Phi) is 2.13. The zero-order valence-electron chi connectivity index (χ0n) is 5.96. The summed E-state index contributed by atoms with van der Waals surface area (Å²) < 4.78 is 10.3. The molecule has 0 aromatic carbocycles. The van der Waals surface area contributed by atoms with Crippen LogP contribution in [0.3, 0.4) is 0 Å². The fourth-order valence-electron chi connectivity index (χ4n) is 0.880. The monoisotopic (exact) mass is 144 g/mol. The first-order chi connectivity index (χ1) is 4.77. The average molecular weight is 144 g/mol. The Morgan fingerprint density at radius 3 is 1.90 bits per heavy atom. The van der Waals surface area contributed by atoms with Crippen molar-refractivity contribution in [2.45, 2.75) is 13.2 Å². The fraction of sp³-hybridized carbons (Fsp3) is 0.667. The van der Waals surface area contributed by atoms with Crippen LogP contribution >= 0.6 is 0 Å². The highest BCUT2D eigenvalue weighted by atomic mass is 16.7. The summed E-state index contributed by atoms with van der Waals surface area (Å²) in [4.78, 5) is 0. The maximum Gasteiger partial charge on any atom is 0.237 e. The first-order valence-electron chi connectivity index (χ1n) is 3.23. The van der Waals surface area contributed by atoms with Gasteiger partial charge in [0.2, 0.25) is 6.29 Å². The van der Waals surface area contributed by atoms with Crippen molar-refractivity contribution in [3.8, 4) is 0 Å². The summed E-state index contributed by atoms with van der Waals surface area (Å²) in [6.45, 7) is 2.52. The van der Waals surface area contributed by atoms with Gasteiger partial charge in [-0.25, -0.2) is 0 Å². The minimum absolute atomic E-state index is 0.225. The molecule has 0 saturated heterocycles. The van der Waals surface area contributed by atoms with E-state index in [1.54, 1.807) is 6.92 Å². The van der Waals surface area contributed by atoms with Crippen LogP contribution in [0.2, 0.25) is 0 Å². The van der Waals surface area contributed by atoms with E-state index in [-0.39, 0.29) is 6.29 Å². The highest BCUT2D eigenvalue weighted by Gasteiger charge is 2.20. The van der Waals surface area contributed by atoms with Crippen molar-refractivity contribution in [2.75, 3.05) is 13.1 Å². The summed E-state index contributed by atoms with van der Waals surface area (Å²) in [5.41, 5.74) is 10.7. The minimum Gasteiger partial charge on any atom is -0.455 e. The first kappa shape index (κ1) is 7.37. The molecule has 0 atom stereocenters. The molecule has 0 bridgehead atoms. The maximum absolute atomic E-state index is 5.34. The number of hydrogen-bond donors (Lipinski definition) is 2. The second-order valence-corrected chi connectivity index (χ2v) is 2.06. The molecule has 0 amide bonds. The van der Waals surface area contributed by atoms with Crippen LogP contribution in [0.4, 0.5) is 0 Å². The molecule has 0 unspecified atom stereocenters. The van der Waals surface area contributed by atoms with Crippen LogP contribution in [-0.4, -0.2) is 19.4 Å². The Labute approximate surface area is 59.8 Å². The van der Waals surface area contributed by atoms with E-state index >= 15 is 0 Å². The summed E-state index contributed by atoms with van der Waals surface area (Å²) in [7, 11) is 0. The van der Waals surface area contributed by atoms with Gasteiger partial charge >= 0.3 is 0 Å². The normalized spacial score (nSPS) is 19.1. The van der Waals surface area contributed by atoms with Gasteiger partial charge in [0.15, 0.2) is 11.5 Å². The molecule has 1 rings (SSSR count). The zero-order chi connectivity index (χ0) is 7.56. The third-order valence-electron chi connectivity index (χ3n) is 1.30. The SMILES string of the molecule is CC1OC(CN)=C(CN)O1. The van der Waals surface area contributed by atoms with Gasteiger partial charge in [-0.2, -0.15) is 0 Å². The van der Waals surface area contributed by atoms with Gasteiger partial charge in [0.05, 0.1) is 13.1 Å². The van der Waals surface area contributed by atoms with Crippen LogP contribution < -0.4 is 11.5 Å². The number of nitrogens with two attached hydrogens (primary N) is 2. The summed E-state index contributed by atoms with van der Waals surface area (Å²) in [5, 5.41) is 0.